The van der Waals surface area contributed by atoms with Crippen molar-refractivity contribution in [2.24, 2.45) is 5.73 Å². The van der Waals surface area contributed by atoms with Crippen molar-refractivity contribution >= 4 is 16.9 Å². The summed E-state index contributed by atoms with van der Waals surface area (Å²) in [5, 5.41) is 3.14. The van der Waals surface area contributed by atoms with Gasteiger partial charge in [-0.25, -0.2) is 9.37 Å². The van der Waals surface area contributed by atoms with Gasteiger partial charge in [0.05, 0.1) is 23.6 Å². The van der Waals surface area contributed by atoms with E-state index in [9.17, 15) is 9.18 Å². The number of rotatable bonds is 7. The van der Waals surface area contributed by atoms with Crippen LogP contribution in [0.5, 0.6) is 11.5 Å². The van der Waals surface area contributed by atoms with Crippen LogP contribution in [0.1, 0.15) is 31.6 Å². The van der Waals surface area contributed by atoms with Crippen molar-refractivity contribution in [3.8, 4) is 11.5 Å². The molecule has 1 aromatic heterocycles. The van der Waals surface area contributed by atoms with Crippen LogP contribution in [-0.2, 0) is 16.1 Å². The molecular formula is C22H25FN4O3. The Hall–Kier alpha value is -2.97. The lowest BCUT2D eigenvalue weighted by Gasteiger charge is -2.26. The van der Waals surface area contributed by atoms with Crippen LogP contribution >= 0.6 is 0 Å². The molecule has 8 heteroatoms. The lowest BCUT2D eigenvalue weighted by molar-refractivity contribution is -0.119. The summed E-state index contributed by atoms with van der Waals surface area (Å²) in [5.74, 6) is 1.33. The molecule has 1 fully saturated rings. The third kappa shape index (κ3) is 4.44. The summed E-state index contributed by atoms with van der Waals surface area (Å²) >= 11 is 0. The Morgan fingerprint density at radius 3 is 2.67 bits per heavy atom. The van der Waals surface area contributed by atoms with Crippen LogP contribution in [-0.4, -0.2) is 34.7 Å². The zero-order valence-electron chi connectivity index (χ0n) is 16.8. The van der Waals surface area contributed by atoms with Crippen molar-refractivity contribution < 1.29 is 18.7 Å². The molecule has 0 aliphatic carbocycles. The number of fused-ring (bicyclic) bond motifs is 1. The fraction of sp³-hybridized carbons (Fsp3) is 0.364. The number of imidazole rings is 1. The monoisotopic (exact) mass is 412 g/mol. The maximum absolute atomic E-state index is 13.2. The van der Waals surface area contributed by atoms with E-state index in [1.165, 1.54) is 12.1 Å². The largest absolute Gasteiger partial charge is 0.457 e. The minimum Gasteiger partial charge on any atom is -0.457 e. The van der Waals surface area contributed by atoms with E-state index in [2.05, 4.69) is 9.88 Å². The fourth-order valence-corrected chi connectivity index (χ4v) is 3.65. The zero-order valence-corrected chi connectivity index (χ0v) is 16.8. The molecule has 0 spiro atoms. The average molecular weight is 412 g/mol. The maximum Gasteiger partial charge on any atom is 0.234 e. The van der Waals surface area contributed by atoms with E-state index in [0.29, 0.717) is 31.3 Å². The fourth-order valence-electron chi connectivity index (χ4n) is 3.65. The molecule has 1 aliphatic heterocycles. The molecular weight excluding hydrogens is 387 g/mol. The van der Waals surface area contributed by atoms with Gasteiger partial charge in [0.2, 0.25) is 5.91 Å². The number of aromatic nitrogens is 2. The summed E-state index contributed by atoms with van der Waals surface area (Å²) in [6.45, 7) is 3.55. The first kappa shape index (κ1) is 20.3. The Balaban J connectivity index is 1.67. The van der Waals surface area contributed by atoms with E-state index in [1.54, 1.807) is 19.1 Å². The summed E-state index contributed by atoms with van der Waals surface area (Å²) < 4.78 is 26.8. The number of primary amides is 1. The van der Waals surface area contributed by atoms with Gasteiger partial charge in [-0.05, 0) is 56.2 Å². The van der Waals surface area contributed by atoms with E-state index in [4.69, 9.17) is 20.2 Å². The lowest BCUT2D eigenvalue weighted by atomic mass is 10.1. The molecule has 3 aromatic rings. The van der Waals surface area contributed by atoms with Gasteiger partial charge in [0, 0.05) is 25.3 Å². The Morgan fingerprint density at radius 2 is 1.97 bits per heavy atom. The molecule has 4 rings (SSSR count). The van der Waals surface area contributed by atoms with Crippen molar-refractivity contribution in [2.45, 2.75) is 38.4 Å². The standard InChI is InChI=1S/C22H25FN4O3/c1-14(22(24)28)25-13-21-26-19-7-6-18(30-17-4-2-15(23)3-5-17)12-20(19)27(21)16-8-10-29-11-9-16/h2-7,12,14,16,25H,8-11,13H2,1H3,(H2,24,28)/t14-/m0/s1. The summed E-state index contributed by atoms with van der Waals surface area (Å²) in [4.78, 5) is 16.2. The minimum atomic E-state index is -0.453. The molecule has 158 valence electrons. The second kappa shape index (κ2) is 8.81. The molecule has 0 saturated carbocycles. The summed E-state index contributed by atoms with van der Waals surface area (Å²) in [7, 11) is 0. The average Bonchev–Trinajstić information content (AvgIpc) is 3.11. The van der Waals surface area contributed by atoms with Gasteiger partial charge in [-0.3, -0.25) is 10.1 Å². The van der Waals surface area contributed by atoms with Crippen molar-refractivity contribution in [1.82, 2.24) is 14.9 Å². The van der Waals surface area contributed by atoms with Crippen molar-refractivity contribution in [3.63, 3.8) is 0 Å². The smallest absolute Gasteiger partial charge is 0.234 e. The number of nitrogens with zero attached hydrogens (tertiary/aromatic N) is 2. The van der Waals surface area contributed by atoms with Gasteiger partial charge in [0.15, 0.2) is 0 Å². The van der Waals surface area contributed by atoms with E-state index < -0.39 is 11.9 Å². The number of amides is 1. The number of hydrogen-bond acceptors (Lipinski definition) is 5. The van der Waals surface area contributed by atoms with Crippen LogP contribution in [0.3, 0.4) is 0 Å². The van der Waals surface area contributed by atoms with Crippen LogP contribution in [0.2, 0.25) is 0 Å². The number of nitrogens with two attached hydrogens (primary N) is 1. The number of hydrogen-bond donors (Lipinski definition) is 2. The second-order valence-corrected chi connectivity index (χ2v) is 7.45. The Morgan fingerprint density at radius 1 is 1.27 bits per heavy atom. The molecule has 2 aromatic carbocycles. The Labute approximate surface area is 174 Å². The first-order chi connectivity index (χ1) is 14.5. The van der Waals surface area contributed by atoms with E-state index >= 15 is 0 Å². The van der Waals surface area contributed by atoms with Gasteiger partial charge in [-0.2, -0.15) is 0 Å². The normalized spacial score (nSPS) is 15.9. The maximum atomic E-state index is 13.2. The van der Waals surface area contributed by atoms with Gasteiger partial charge in [-0.15, -0.1) is 0 Å². The molecule has 3 N–H and O–H groups in total. The van der Waals surface area contributed by atoms with Gasteiger partial charge >= 0.3 is 0 Å². The SMILES string of the molecule is C[C@H](NCc1nc2ccc(Oc3ccc(F)cc3)cc2n1C1CCOCC1)C(N)=O. The number of halogens is 1. The number of nitrogens with one attached hydrogen (secondary N) is 1. The molecule has 0 unspecified atom stereocenters. The molecule has 7 nitrogen and oxygen atoms in total. The topological polar surface area (TPSA) is 91.4 Å². The van der Waals surface area contributed by atoms with Gasteiger partial charge in [0.25, 0.3) is 0 Å². The molecule has 0 bridgehead atoms. The van der Waals surface area contributed by atoms with Gasteiger partial charge in [0.1, 0.15) is 23.1 Å². The third-order valence-corrected chi connectivity index (χ3v) is 5.33. The van der Waals surface area contributed by atoms with Crippen molar-refractivity contribution in [2.75, 3.05) is 13.2 Å². The summed E-state index contributed by atoms with van der Waals surface area (Å²) in [5.41, 5.74) is 7.17. The summed E-state index contributed by atoms with van der Waals surface area (Å²) in [6, 6.07) is 11.4. The number of benzene rings is 2. The van der Waals surface area contributed by atoms with Crippen LogP contribution in [0.15, 0.2) is 42.5 Å². The minimum absolute atomic E-state index is 0.241. The Kier molecular flexibility index (Phi) is 5.96. The molecule has 1 amide bonds. The molecule has 1 atom stereocenters. The van der Waals surface area contributed by atoms with Crippen LogP contribution in [0.25, 0.3) is 11.0 Å². The number of carbonyl (C=O) groups excluding carboxylic acids is 1. The second-order valence-electron chi connectivity index (χ2n) is 7.45. The predicted octanol–water partition coefficient (Wildman–Crippen LogP) is 3.28. The molecule has 30 heavy (non-hydrogen) atoms. The zero-order chi connectivity index (χ0) is 21.1. The van der Waals surface area contributed by atoms with Crippen LogP contribution in [0.4, 0.5) is 4.39 Å². The van der Waals surface area contributed by atoms with Crippen LogP contribution < -0.4 is 15.8 Å². The molecule has 1 aliphatic rings. The highest BCUT2D eigenvalue weighted by Crippen LogP contribution is 2.31. The van der Waals surface area contributed by atoms with E-state index in [0.717, 1.165) is 29.7 Å². The van der Waals surface area contributed by atoms with E-state index in [1.807, 2.05) is 18.2 Å². The van der Waals surface area contributed by atoms with Crippen molar-refractivity contribution in [3.05, 3.63) is 54.1 Å². The first-order valence-electron chi connectivity index (χ1n) is 10.1. The highest BCUT2D eigenvalue weighted by Gasteiger charge is 2.23. The molecule has 2 heterocycles. The Bertz CT molecular complexity index is 1030. The predicted molar refractivity (Wildman–Crippen MR) is 111 cm³/mol. The lowest BCUT2D eigenvalue weighted by Crippen LogP contribution is -2.39. The first-order valence-corrected chi connectivity index (χ1v) is 10.1. The van der Waals surface area contributed by atoms with Crippen molar-refractivity contribution in [1.29, 1.82) is 0 Å². The summed E-state index contributed by atoms with van der Waals surface area (Å²) in [6.07, 6.45) is 1.76. The third-order valence-electron chi connectivity index (χ3n) is 5.33. The highest BCUT2D eigenvalue weighted by atomic mass is 19.1. The van der Waals surface area contributed by atoms with Gasteiger partial charge in [-0.1, -0.05) is 0 Å². The van der Waals surface area contributed by atoms with Gasteiger partial charge < -0.3 is 19.8 Å². The highest BCUT2D eigenvalue weighted by molar-refractivity contribution is 5.79. The number of carbonyl (C=O) groups is 1. The number of ether oxygens (including phenoxy) is 2. The molecule has 1 saturated heterocycles. The quantitative estimate of drug-likeness (QED) is 0.621. The molecule has 0 radical (unpaired) electrons. The van der Waals surface area contributed by atoms with E-state index in [-0.39, 0.29) is 11.9 Å². The van der Waals surface area contributed by atoms with Crippen LogP contribution in [0, 0.1) is 5.82 Å².